The summed E-state index contributed by atoms with van der Waals surface area (Å²) in [6.07, 6.45) is 0. The van der Waals surface area contributed by atoms with Gasteiger partial charge in [0, 0.05) is 12.1 Å². The molecule has 0 aliphatic carbocycles. The van der Waals surface area contributed by atoms with Crippen LogP contribution in [0.4, 0.5) is 5.69 Å². The van der Waals surface area contributed by atoms with Gasteiger partial charge < -0.3 is 0 Å². The number of rotatable bonds is 1. The largest absolute Gasteiger partial charge is 0.281 e. The Bertz CT molecular complexity index is 614. The molecule has 1 atom stereocenters. The summed E-state index contributed by atoms with van der Waals surface area (Å²) < 4.78 is -0.267. The molecule has 0 aromatic heterocycles. The van der Waals surface area contributed by atoms with E-state index in [2.05, 4.69) is 0 Å². The van der Waals surface area contributed by atoms with Crippen LogP contribution in [0.5, 0.6) is 0 Å². The molecule has 0 amide bonds. The van der Waals surface area contributed by atoms with Crippen LogP contribution < -0.4 is 4.65 Å². The predicted octanol–water partition coefficient (Wildman–Crippen LogP) is 2.81. The first-order valence-corrected chi connectivity index (χ1v) is 6.91. The number of hydrogen-bond donors (Lipinski definition) is 1. The van der Waals surface area contributed by atoms with Gasteiger partial charge >= 0.3 is 0 Å². The van der Waals surface area contributed by atoms with Gasteiger partial charge in [-0.25, -0.2) is 5.21 Å². The first kappa shape index (κ1) is 11.7. The van der Waals surface area contributed by atoms with Gasteiger partial charge in [0.2, 0.25) is 5.12 Å². The first-order valence-electron chi connectivity index (χ1n) is 5.92. The van der Waals surface area contributed by atoms with Gasteiger partial charge in [0.25, 0.3) is 0 Å². The highest BCUT2D eigenvalue weighted by Gasteiger charge is 2.36. The van der Waals surface area contributed by atoms with Gasteiger partial charge in [-0.15, -0.1) is 4.65 Å². The Balaban J connectivity index is 2.05. The lowest BCUT2D eigenvalue weighted by atomic mass is 10.1. The first-order chi connectivity index (χ1) is 8.67. The molecule has 4 heteroatoms. The zero-order valence-electron chi connectivity index (χ0n) is 9.87. The number of hydrogen-bond acceptors (Lipinski definition) is 3. The van der Waals surface area contributed by atoms with Crippen molar-refractivity contribution in [2.24, 2.45) is 0 Å². The van der Waals surface area contributed by atoms with Crippen LogP contribution in [0.25, 0.3) is 10.8 Å². The number of quaternary nitrogens is 1. The van der Waals surface area contributed by atoms with Crippen LogP contribution in [0.2, 0.25) is 0 Å². The summed E-state index contributed by atoms with van der Waals surface area (Å²) in [5.41, 5.74) is 0.794. The molecule has 2 aromatic rings. The van der Waals surface area contributed by atoms with Crippen LogP contribution in [-0.2, 0) is 4.79 Å². The fourth-order valence-corrected chi connectivity index (χ4v) is 3.23. The Kier molecular flexibility index (Phi) is 2.86. The third-order valence-electron chi connectivity index (χ3n) is 3.33. The van der Waals surface area contributed by atoms with E-state index in [0.29, 0.717) is 12.3 Å². The highest BCUT2D eigenvalue weighted by molar-refractivity contribution is 8.13. The molecule has 1 fully saturated rings. The van der Waals surface area contributed by atoms with Crippen molar-refractivity contribution in [2.75, 3.05) is 18.8 Å². The van der Waals surface area contributed by atoms with Crippen molar-refractivity contribution in [2.45, 2.75) is 0 Å². The van der Waals surface area contributed by atoms with Crippen molar-refractivity contribution in [1.82, 2.24) is 4.65 Å². The summed E-state index contributed by atoms with van der Waals surface area (Å²) in [7, 11) is 0. The van der Waals surface area contributed by atoms with Gasteiger partial charge in [0.05, 0.1) is 5.75 Å². The number of thioether (sulfide) groups is 1. The number of hydroxylamine groups is 2. The van der Waals surface area contributed by atoms with Crippen LogP contribution in [0.15, 0.2) is 42.5 Å². The second-order valence-electron chi connectivity index (χ2n) is 4.56. The van der Waals surface area contributed by atoms with E-state index in [1.54, 1.807) is 0 Å². The average molecular weight is 260 g/mol. The number of fused-ring (bicyclic) bond motifs is 1. The van der Waals surface area contributed by atoms with E-state index < -0.39 is 0 Å². The molecule has 1 aliphatic heterocycles. The molecule has 1 unspecified atom stereocenters. The van der Waals surface area contributed by atoms with E-state index >= 15 is 0 Å². The number of nitrogens with zero attached hydrogens (tertiary/aromatic N) is 1. The second kappa shape index (κ2) is 4.39. The van der Waals surface area contributed by atoms with Crippen molar-refractivity contribution in [3.05, 3.63) is 42.5 Å². The average Bonchev–Trinajstić information content (AvgIpc) is 2.38. The maximum absolute atomic E-state index is 11.5. The molecule has 1 N–H and O–H groups in total. The standard InChI is InChI=1S/C14H14NO2S/c16-14-10-15(17,7-8-18-14)13-6-5-11-3-1-2-4-12(11)9-13/h1-6,9,17H,7-8,10H2/q+1. The maximum Gasteiger partial charge on any atom is 0.246 e. The minimum Gasteiger partial charge on any atom is -0.281 e. The molecule has 1 aliphatic rings. The summed E-state index contributed by atoms with van der Waals surface area (Å²) in [5.74, 6) is 0.669. The van der Waals surface area contributed by atoms with Crippen LogP contribution in [0, 0.1) is 0 Å². The molecule has 18 heavy (non-hydrogen) atoms. The summed E-state index contributed by atoms with van der Waals surface area (Å²) in [6, 6.07) is 13.9. The van der Waals surface area contributed by atoms with E-state index in [1.165, 1.54) is 11.8 Å². The third-order valence-corrected chi connectivity index (χ3v) is 4.17. The van der Waals surface area contributed by atoms with Gasteiger partial charge in [-0.2, -0.15) is 0 Å². The van der Waals surface area contributed by atoms with Crippen LogP contribution in [0.1, 0.15) is 0 Å². The van der Waals surface area contributed by atoms with Crippen molar-refractivity contribution < 1.29 is 10.0 Å². The van der Waals surface area contributed by atoms with Crippen LogP contribution >= 0.6 is 11.8 Å². The van der Waals surface area contributed by atoms with Gasteiger partial charge in [0.1, 0.15) is 6.54 Å². The van der Waals surface area contributed by atoms with E-state index in [0.717, 1.165) is 16.5 Å². The molecular formula is C14H14NO2S+. The molecule has 0 radical (unpaired) electrons. The van der Waals surface area contributed by atoms with Crippen molar-refractivity contribution >= 4 is 33.3 Å². The Morgan fingerprint density at radius 2 is 1.89 bits per heavy atom. The van der Waals surface area contributed by atoms with Crippen molar-refractivity contribution in [1.29, 1.82) is 0 Å². The monoisotopic (exact) mass is 260 g/mol. The highest BCUT2D eigenvalue weighted by Crippen LogP contribution is 2.29. The highest BCUT2D eigenvalue weighted by atomic mass is 32.2. The second-order valence-corrected chi connectivity index (χ2v) is 5.71. The zero-order chi connectivity index (χ0) is 12.6. The van der Waals surface area contributed by atoms with E-state index in [9.17, 15) is 10.0 Å². The van der Waals surface area contributed by atoms with Gasteiger partial charge in [0.15, 0.2) is 12.2 Å². The molecule has 1 heterocycles. The van der Waals surface area contributed by atoms with E-state index in [1.807, 2.05) is 42.5 Å². The minimum atomic E-state index is -0.267. The molecule has 0 spiro atoms. The van der Waals surface area contributed by atoms with Gasteiger partial charge in [-0.3, -0.25) is 4.79 Å². The Morgan fingerprint density at radius 3 is 2.67 bits per heavy atom. The summed E-state index contributed by atoms with van der Waals surface area (Å²) >= 11 is 1.30. The van der Waals surface area contributed by atoms with Gasteiger partial charge in [-0.05, 0) is 16.8 Å². The third kappa shape index (κ3) is 2.03. The van der Waals surface area contributed by atoms with Crippen molar-refractivity contribution in [3.8, 4) is 0 Å². The summed E-state index contributed by atoms with van der Waals surface area (Å²) in [5, 5.41) is 12.9. The fraction of sp³-hybridized carbons (Fsp3) is 0.214. The molecule has 1 saturated heterocycles. The lowest BCUT2D eigenvalue weighted by Gasteiger charge is -2.31. The minimum absolute atomic E-state index is 0.0527. The Labute approximate surface area is 110 Å². The molecule has 92 valence electrons. The van der Waals surface area contributed by atoms with Gasteiger partial charge in [-0.1, -0.05) is 36.0 Å². The fourth-order valence-electron chi connectivity index (χ4n) is 2.30. The molecule has 3 nitrogen and oxygen atoms in total. The predicted molar refractivity (Wildman–Crippen MR) is 74.7 cm³/mol. The lowest BCUT2D eigenvalue weighted by Crippen LogP contribution is -2.53. The lowest BCUT2D eigenvalue weighted by molar-refractivity contribution is -0.125. The molecule has 0 bridgehead atoms. The van der Waals surface area contributed by atoms with Crippen molar-refractivity contribution in [3.63, 3.8) is 0 Å². The van der Waals surface area contributed by atoms with E-state index in [4.69, 9.17) is 0 Å². The zero-order valence-corrected chi connectivity index (χ0v) is 10.7. The maximum atomic E-state index is 11.5. The quantitative estimate of drug-likeness (QED) is 0.801. The molecular weight excluding hydrogens is 246 g/mol. The van der Waals surface area contributed by atoms with Crippen LogP contribution in [0.3, 0.4) is 0 Å². The molecule has 3 rings (SSSR count). The summed E-state index contributed by atoms with van der Waals surface area (Å²) in [6.45, 7) is 0.734. The normalized spacial score (nSPS) is 24.4. The Hall–Kier alpha value is -1.36. The molecule has 0 saturated carbocycles. The SMILES string of the molecule is O=C1C[N+](O)(c2ccc3ccccc3c2)CCS1. The molecule has 2 aromatic carbocycles. The van der Waals surface area contributed by atoms with E-state index in [-0.39, 0.29) is 16.3 Å². The topological polar surface area (TPSA) is 37.3 Å². The number of benzene rings is 2. The number of carbonyl (C=O) groups is 1. The van der Waals surface area contributed by atoms with Crippen LogP contribution in [-0.4, -0.2) is 29.2 Å². The Morgan fingerprint density at radius 1 is 1.11 bits per heavy atom. The smallest absolute Gasteiger partial charge is 0.246 e. The summed E-state index contributed by atoms with van der Waals surface area (Å²) in [4.78, 5) is 11.5. The number of carbonyl (C=O) groups excluding carboxylic acids is 1.